The summed E-state index contributed by atoms with van der Waals surface area (Å²) in [6.45, 7) is 23.3. The van der Waals surface area contributed by atoms with Crippen molar-refractivity contribution < 1.29 is 38.5 Å². The predicted molar refractivity (Wildman–Crippen MR) is 301 cm³/mol. The van der Waals surface area contributed by atoms with Gasteiger partial charge >= 0.3 is 5.97 Å². The molecule has 1 aliphatic carbocycles. The van der Waals surface area contributed by atoms with Gasteiger partial charge in [0.15, 0.2) is 0 Å². The lowest BCUT2D eigenvalue weighted by Gasteiger charge is -2.44. The third-order valence-corrected chi connectivity index (χ3v) is 19.2. The van der Waals surface area contributed by atoms with E-state index in [1.54, 1.807) is 11.9 Å². The number of piperazine rings is 1. The second kappa shape index (κ2) is 22.1. The number of likely N-dealkylation sites (tertiary alicyclic amines) is 2. The minimum atomic E-state index is -0.899. The van der Waals surface area contributed by atoms with E-state index >= 15 is 4.79 Å². The zero-order valence-electron chi connectivity index (χ0n) is 47.7. The molecule has 1 spiro atoms. The normalized spacial score (nSPS) is 30.8. The maximum atomic E-state index is 15.0. The molecular formula is C60H87N11O8. The number of aryl methyl sites for hydroxylation is 1. The van der Waals surface area contributed by atoms with Crippen LogP contribution in [0.1, 0.15) is 110 Å². The summed E-state index contributed by atoms with van der Waals surface area (Å²) in [6, 6.07) is 7.82. The molecule has 1 saturated carbocycles. The topological polar surface area (TPSA) is 199 Å². The fourth-order valence-corrected chi connectivity index (χ4v) is 14.8. The number of anilines is 2. The number of esters is 1. The Bertz CT molecular complexity index is 2780. The Morgan fingerprint density at radius 3 is 2.56 bits per heavy atom. The van der Waals surface area contributed by atoms with Crippen molar-refractivity contribution in [2.24, 2.45) is 22.7 Å². The highest BCUT2D eigenvalue weighted by Gasteiger charge is 2.55. The predicted octanol–water partition coefficient (Wildman–Crippen LogP) is 4.09. The lowest BCUT2D eigenvalue weighted by Crippen LogP contribution is -2.61. The molecule has 8 fully saturated rings. The van der Waals surface area contributed by atoms with Crippen LogP contribution in [0.25, 0.3) is 22.2 Å². The van der Waals surface area contributed by atoms with Crippen molar-refractivity contribution in [3.63, 3.8) is 0 Å². The van der Waals surface area contributed by atoms with Gasteiger partial charge in [-0.2, -0.15) is 0 Å². The molecule has 12 rings (SSSR count). The Labute approximate surface area is 466 Å². The number of pyridine rings is 1. The zero-order chi connectivity index (χ0) is 54.9. The highest BCUT2D eigenvalue weighted by atomic mass is 16.5. The molecule has 19 nitrogen and oxygen atoms in total. The summed E-state index contributed by atoms with van der Waals surface area (Å²) < 4.78 is 21.1. The molecule has 9 aliphatic rings. The van der Waals surface area contributed by atoms with E-state index < -0.39 is 23.6 Å². The standard InChI is InChI=1S/C60H87N11O8/c1-7-70-49-13-12-41-26-45(49)47(55(70)46-27-42(30-61-51(46)38(4)72)66-20-19-65-21-23-77-33-43(65)31-66)29-59(5,6)36-79-50(73)25-40-9-8-16-71(64-40)57(75)48(28-44-32-67(41)22-24-78-44)62-56(74)54(37(2)3)68-17-14-60(34-68)15-18-69(35-60)58(76)53-52(63-53)39-10-11-39/h12-13,26-27,30,37-40,43-44,48,52-54,63-64,72H,7-11,14-25,28-29,31-36H2,1-6H3,(H,62,74)/t38-,40-,43-,44-,48-,52+,53+,54-,60-/m0/s1. The number of aliphatic hydroxyl groups excluding tert-OH is 1. The second-order valence-electron chi connectivity index (χ2n) is 26.1. The summed E-state index contributed by atoms with van der Waals surface area (Å²) in [6.07, 6.45) is 7.29. The molecular weight excluding hydrogens is 1000 g/mol. The number of hydrogen-bond acceptors (Lipinski definition) is 15. The van der Waals surface area contributed by atoms with Crippen LogP contribution in [0.3, 0.4) is 0 Å². The van der Waals surface area contributed by atoms with E-state index in [1.165, 1.54) is 12.8 Å². The number of nitrogens with one attached hydrogen (secondary N) is 3. The largest absolute Gasteiger partial charge is 0.465 e. The molecule has 0 unspecified atom stereocenters. The van der Waals surface area contributed by atoms with Crippen LogP contribution in [0.5, 0.6) is 0 Å². The minimum Gasteiger partial charge on any atom is -0.465 e. The molecule has 2 aromatic heterocycles. The van der Waals surface area contributed by atoms with Crippen LogP contribution in [0.4, 0.5) is 11.4 Å². The smallest absolute Gasteiger partial charge is 0.307 e. The summed E-state index contributed by atoms with van der Waals surface area (Å²) in [5.74, 6) is 0.105. The Kier molecular flexibility index (Phi) is 15.3. The van der Waals surface area contributed by atoms with Crippen molar-refractivity contribution in [3.8, 4) is 11.3 Å². The highest BCUT2D eigenvalue weighted by Crippen LogP contribution is 2.46. The molecule has 430 valence electrons. The van der Waals surface area contributed by atoms with Crippen molar-refractivity contribution >= 4 is 46.0 Å². The van der Waals surface area contributed by atoms with Gasteiger partial charge in [-0.1, -0.05) is 27.7 Å². The van der Waals surface area contributed by atoms with Gasteiger partial charge in [-0.3, -0.25) is 44.3 Å². The summed E-state index contributed by atoms with van der Waals surface area (Å²) in [5.41, 5.74) is 9.56. The maximum absolute atomic E-state index is 15.0. The summed E-state index contributed by atoms with van der Waals surface area (Å²) in [7, 11) is 0. The van der Waals surface area contributed by atoms with Crippen molar-refractivity contribution in [2.75, 3.05) is 108 Å². The number of morpholine rings is 2. The first-order chi connectivity index (χ1) is 38.0. The minimum absolute atomic E-state index is 0.0350. The van der Waals surface area contributed by atoms with Gasteiger partial charge in [0.05, 0.1) is 80.4 Å². The van der Waals surface area contributed by atoms with Gasteiger partial charge in [-0.05, 0) is 107 Å². The molecule has 6 bridgehead atoms. The number of aliphatic hydroxyl groups is 1. The average Bonchev–Trinajstić information content (AvgIpc) is 4.48. The quantitative estimate of drug-likeness (QED) is 0.167. The fourth-order valence-electron chi connectivity index (χ4n) is 14.8. The van der Waals surface area contributed by atoms with Gasteiger partial charge in [-0.25, -0.2) is 5.43 Å². The molecule has 19 heteroatoms. The van der Waals surface area contributed by atoms with Gasteiger partial charge in [0.25, 0.3) is 5.91 Å². The molecule has 4 N–H and O–H groups in total. The molecule has 3 aromatic rings. The first-order valence-electron chi connectivity index (χ1n) is 30.1. The number of nitrogens with zero attached hydrogens (tertiary/aromatic N) is 8. The van der Waals surface area contributed by atoms with Gasteiger partial charge in [0, 0.05) is 123 Å². The number of fused-ring (bicyclic) bond motifs is 7. The number of amides is 3. The second-order valence-corrected chi connectivity index (χ2v) is 26.1. The third-order valence-electron chi connectivity index (χ3n) is 19.2. The number of hydrogen-bond donors (Lipinski definition) is 4. The monoisotopic (exact) mass is 1090 g/mol. The number of benzene rings is 1. The number of hydrazine groups is 1. The SMILES string of the molecule is CCn1c(-c2cc(N3CCN4CCOC[C@@H]4C3)cnc2[C@H](C)O)c2c3cc(ccc31)N1CCO[C@@H](C[C@H](NC(=O)[C@H](C(C)C)N3CC[C@]4(CCN(C(=O)[C@@H]5N[C@@H]5C5CC5)C4)C3)C(=O)N3CCC[C@@H](CC(=O)OCC(C)(C)C2)N3)C1. The Morgan fingerprint density at radius 2 is 1.76 bits per heavy atom. The fraction of sp³-hybridized carbons (Fsp3) is 0.717. The molecule has 10 heterocycles. The van der Waals surface area contributed by atoms with E-state index in [1.807, 2.05) is 6.20 Å². The average molecular weight is 1090 g/mol. The van der Waals surface area contributed by atoms with E-state index in [4.69, 9.17) is 19.2 Å². The van der Waals surface area contributed by atoms with Gasteiger partial charge < -0.3 is 43.9 Å². The van der Waals surface area contributed by atoms with Crippen molar-refractivity contribution in [2.45, 2.75) is 154 Å². The molecule has 3 amide bonds. The molecule has 1 aromatic carbocycles. The third kappa shape index (κ3) is 11.3. The lowest BCUT2D eigenvalue weighted by molar-refractivity contribution is -0.150. The van der Waals surface area contributed by atoms with E-state index in [0.717, 1.165) is 111 Å². The summed E-state index contributed by atoms with van der Waals surface area (Å²) in [4.78, 5) is 74.2. The van der Waals surface area contributed by atoms with Crippen LogP contribution in [0.2, 0.25) is 0 Å². The molecule has 8 aliphatic heterocycles. The van der Waals surface area contributed by atoms with E-state index in [9.17, 15) is 19.5 Å². The Balaban J connectivity index is 0.842. The number of ether oxygens (including phenoxy) is 3. The Morgan fingerprint density at radius 1 is 0.937 bits per heavy atom. The first-order valence-corrected chi connectivity index (χ1v) is 30.1. The van der Waals surface area contributed by atoms with Crippen molar-refractivity contribution in [1.29, 1.82) is 0 Å². The van der Waals surface area contributed by atoms with Crippen LogP contribution >= 0.6 is 0 Å². The first kappa shape index (κ1) is 54.7. The van der Waals surface area contributed by atoms with Gasteiger partial charge in [0.1, 0.15) is 12.1 Å². The van der Waals surface area contributed by atoms with Crippen LogP contribution in [0, 0.1) is 22.7 Å². The van der Waals surface area contributed by atoms with E-state index in [2.05, 4.69) is 104 Å². The zero-order valence-corrected chi connectivity index (χ0v) is 47.7. The van der Waals surface area contributed by atoms with Gasteiger partial charge in [-0.15, -0.1) is 0 Å². The van der Waals surface area contributed by atoms with Crippen LogP contribution < -0.4 is 25.9 Å². The van der Waals surface area contributed by atoms with E-state index in [-0.39, 0.29) is 72.7 Å². The molecule has 7 saturated heterocycles. The Hall–Kier alpha value is -4.89. The van der Waals surface area contributed by atoms with Crippen LogP contribution in [-0.4, -0.2) is 199 Å². The summed E-state index contributed by atoms with van der Waals surface area (Å²) >= 11 is 0. The van der Waals surface area contributed by atoms with Crippen molar-refractivity contribution in [3.05, 3.63) is 41.7 Å². The number of aromatic nitrogens is 2. The number of cyclic esters (lactones) is 1. The highest BCUT2D eigenvalue weighted by molar-refractivity contribution is 5.95. The molecule has 9 atom stereocenters. The van der Waals surface area contributed by atoms with E-state index in [0.29, 0.717) is 82.4 Å². The van der Waals surface area contributed by atoms with Crippen molar-refractivity contribution in [1.82, 2.24) is 45.3 Å². The van der Waals surface area contributed by atoms with Crippen LogP contribution in [0.15, 0.2) is 30.5 Å². The van der Waals surface area contributed by atoms with Crippen LogP contribution in [-0.2, 0) is 46.4 Å². The summed E-state index contributed by atoms with van der Waals surface area (Å²) in [5, 5.41) is 21.0. The number of rotatable bonds is 10. The number of carbonyl (C=O) groups is 4. The molecule has 0 radical (unpaired) electrons. The van der Waals surface area contributed by atoms with Gasteiger partial charge in [0.2, 0.25) is 11.8 Å². The molecule has 79 heavy (non-hydrogen) atoms. The lowest BCUT2D eigenvalue weighted by atomic mass is 9.84. The maximum Gasteiger partial charge on any atom is 0.307 e. The number of carbonyl (C=O) groups excluding carboxylic acids is 4.